The van der Waals surface area contributed by atoms with E-state index in [1.54, 1.807) is 30.5 Å². The molecule has 204 valence electrons. The van der Waals surface area contributed by atoms with Gasteiger partial charge in [0.05, 0.1) is 16.7 Å². The van der Waals surface area contributed by atoms with E-state index in [9.17, 15) is 9.18 Å². The van der Waals surface area contributed by atoms with Crippen LogP contribution in [0.5, 0.6) is 11.5 Å². The molecule has 3 aromatic carbocycles. The van der Waals surface area contributed by atoms with Crippen molar-refractivity contribution in [1.29, 1.82) is 0 Å². The number of ketones is 1. The summed E-state index contributed by atoms with van der Waals surface area (Å²) in [5, 5.41) is 4.40. The highest BCUT2D eigenvalue weighted by Crippen LogP contribution is 2.28. The molecule has 6 nitrogen and oxygen atoms in total. The first-order valence-corrected chi connectivity index (χ1v) is 14.1. The number of hydrogen-bond acceptors (Lipinski definition) is 6. The maximum Gasteiger partial charge on any atom is 0.165 e. The predicted octanol–water partition coefficient (Wildman–Crippen LogP) is 5.07. The molecular formula is C31H36FN4O2P. The number of nitrogens with zero attached hydrogens (tertiary/aromatic N) is 2. The van der Waals surface area contributed by atoms with Crippen LogP contribution in [0.25, 0.3) is 11.0 Å². The van der Waals surface area contributed by atoms with Crippen molar-refractivity contribution in [3.63, 3.8) is 0 Å². The van der Waals surface area contributed by atoms with Crippen molar-refractivity contribution in [2.24, 2.45) is 5.73 Å². The minimum Gasteiger partial charge on any atom is -0.454 e. The molecule has 4 rings (SSSR count). The maximum absolute atomic E-state index is 14.6. The largest absolute Gasteiger partial charge is 0.454 e. The maximum atomic E-state index is 14.6. The lowest BCUT2D eigenvalue weighted by Crippen LogP contribution is -2.23. The first-order valence-electron chi connectivity index (χ1n) is 13.5. The van der Waals surface area contributed by atoms with Gasteiger partial charge in [0.2, 0.25) is 0 Å². The monoisotopic (exact) mass is 546 g/mol. The zero-order valence-corrected chi connectivity index (χ0v) is 23.3. The molecule has 39 heavy (non-hydrogen) atoms. The lowest BCUT2D eigenvalue weighted by Gasteiger charge is -2.10. The number of ether oxygens (including phenoxy) is 1. The molecule has 1 unspecified atom stereocenters. The summed E-state index contributed by atoms with van der Waals surface area (Å²) in [6.45, 7) is 2.40. The first-order chi connectivity index (χ1) is 19.0. The second-order valence-electron chi connectivity index (χ2n) is 9.66. The van der Waals surface area contributed by atoms with Crippen LogP contribution in [0.15, 0.2) is 66.9 Å². The van der Waals surface area contributed by atoms with Gasteiger partial charge >= 0.3 is 0 Å². The molecule has 3 N–H and O–H groups in total. The molecule has 1 atom stereocenters. The van der Waals surface area contributed by atoms with Gasteiger partial charge in [-0.15, -0.1) is 9.24 Å². The van der Waals surface area contributed by atoms with E-state index >= 15 is 0 Å². The smallest absolute Gasteiger partial charge is 0.165 e. The van der Waals surface area contributed by atoms with Crippen LogP contribution < -0.4 is 21.1 Å². The molecule has 8 heteroatoms. The van der Waals surface area contributed by atoms with Crippen LogP contribution in [0.4, 0.5) is 4.39 Å². The average molecular weight is 547 g/mol. The predicted molar refractivity (Wildman–Crippen MR) is 158 cm³/mol. The zero-order chi connectivity index (χ0) is 27.5. The molecule has 0 spiro atoms. The number of aromatic nitrogens is 2. The quantitative estimate of drug-likeness (QED) is 0.160. The number of fused-ring (bicyclic) bond motifs is 1. The van der Waals surface area contributed by atoms with Crippen LogP contribution in [0.2, 0.25) is 0 Å². The average Bonchev–Trinajstić information content (AvgIpc) is 2.94. The molecular weight excluding hydrogens is 510 g/mol. The van der Waals surface area contributed by atoms with Crippen molar-refractivity contribution >= 4 is 31.4 Å². The highest BCUT2D eigenvalue weighted by Gasteiger charge is 2.10. The highest BCUT2D eigenvalue weighted by molar-refractivity contribution is 7.27. The lowest BCUT2D eigenvalue weighted by molar-refractivity contribution is -0.119. The number of halogens is 1. The normalized spacial score (nSPS) is 11.2. The number of nitrogens with one attached hydrogen (secondary N) is 1. The van der Waals surface area contributed by atoms with Crippen molar-refractivity contribution in [3.8, 4) is 11.5 Å². The van der Waals surface area contributed by atoms with E-state index in [4.69, 9.17) is 15.5 Å². The van der Waals surface area contributed by atoms with Crippen LogP contribution in [0.1, 0.15) is 42.5 Å². The van der Waals surface area contributed by atoms with Crippen molar-refractivity contribution in [3.05, 3.63) is 89.5 Å². The minimum atomic E-state index is -0.453. The van der Waals surface area contributed by atoms with Crippen LogP contribution >= 0.6 is 9.24 Å². The topological polar surface area (TPSA) is 90.1 Å². The summed E-state index contributed by atoms with van der Waals surface area (Å²) in [6, 6.07) is 18.3. The van der Waals surface area contributed by atoms with Crippen molar-refractivity contribution in [1.82, 2.24) is 15.3 Å². The highest BCUT2D eigenvalue weighted by atomic mass is 31.0. The fraction of sp³-hybridized carbons (Fsp3) is 0.323. The number of unbranched alkanes of at least 4 members (excludes halogenated alkanes) is 1. The van der Waals surface area contributed by atoms with Crippen molar-refractivity contribution in [2.75, 3.05) is 19.6 Å². The zero-order valence-electron chi connectivity index (χ0n) is 22.2. The Hall–Kier alpha value is -3.25. The number of benzene rings is 3. The van der Waals surface area contributed by atoms with Crippen LogP contribution in [-0.2, 0) is 24.1 Å². The van der Waals surface area contributed by atoms with Gasteiger partial charge in [-0.05, 0) is 79.3 Å². The SMILES string of the molecule is NCCNCCCCc1cnc2ccc(Oc3cc(CCC(=O)CCc4cccc(P)c4)ccc3F)cc2n1. The summed E-state index contributed by atoms with van der Waals surface area (Å²) in [5.41, 5.74) is 9.88. The summed E-state index contributed by atoms with van der Waals surface area (Å²) in [5.74, 6) is 0.353. The second-order valence-corrected chi connectivity index (χ2v) is 10.3. The molecule has 0 saturated heterocycles. The molecule has 0 aliphatic heterocycles. The summed E-state index contributed by atoms with van der Waals surface area (Å²) in [4.78, 5) is 21.7. The van der Waals surface area contributed by atoms with Crippen LogP contribution in [0, 0.1) is 5.82 Å². The Morgan fingerprint density at radius 3 is 2.54 bits per heavy atom. The van der Waals surface area contributed by atoms with Gasteiger partial charge in [0.15, 0.2) is 11.6 Å². The number of nitrogens with two attached hydrogens (primary N) is 1. The van der Waals surface area contributed by atoms with E-state index in [0.29, 0.717) is 37.1 Å². The summed E-state index contributed by atoms with van der Waals surface area (Å²) >= 11 is 0. The number of hydrogen-bond donors (Lipinski definition) is 2. The molecule has 0 aliphatic rings. The van der Waals surface area contributed by atoms with Gasteiger partial charge < -0.3 is 15.8 Å². The Bertz CT molecular complexity index is 1400. The fourth-order valence-electron chi connectivity index (χ4n) is 4.35. The Morgan fingerprint density at radius 1 is 0.923 bits per heavy atom. The van der Waals surface area contributed by atoms with Gasteiger partial charge in [0.25, 0.3) is 0 Å². The summed E-state index contributed by atoms with van der Waals surface area (Å²) in [6.07, 6.45) is 6.83. The third-order valence-electron chi connectivity index (χ3n) is 6.48. The van der Waals surface area contributed by atoms with E-state index in [1.165, 1.54) is 6.07 Å². The molecule has 0 bridgehead atoms. The number of Topliss-reactive ketones (excluding diaryl/α,β-unsaturated/α-hetero) is 1. The van der Waals surface area contributed by atoms with Crippen molar-refractivity contribution < 1.29 is 13.9 Å². The minimum absolute atomic E-state index is 0.130. The summed E-state index contributed by atoms with van der Waals surface area (Å²) < 4.78 is 20.5. The third kappa shape index (κ3) is 9.17. The van der Waals surface area contributed by atoms with E-state index < -0.39 is 5.82 Å². The molecule has 1 heterocycles. The Kier molecular flexibility index (Phi) is 10.9. The summed E-state index contributed by atoms with van der Waals surface area (Å²) in [7, 11) is 2.68. The molecule has 0 amide bonds. The number of rotatable bonds is 15. The fourth-order valence-corrected chi connectivity index (χ4v) is 4.67. The van der Waals surface area contributed by atoms with Crippen LogP contribution in [-0.4, -0.2) is 35.4 Å². The van der Waals surface area contributed by atoms with Crippen molar-refractivity contribution in [2.45, 2.75) is 44.9 Å². The lowest BCUT2D eigenvalue weighted by atomic mass is 10.0. The van der Waals surface area contributed by atoms with Gasteiger partial charge in [-0.3, -0.25) is 9.78 Å². The molecule has 0 radical (unpaired) electrons. The van der Waals surface area contributed by atoms with E-state index in [1.807, 2.05) is 24.3 Å². The van der Waals surface area contributed by atoms with Gasteiger partial charge in [0.1, 0.15) is 11.5 Å². The van der Waals surface area contributed by atoms with Gasteiger partial charge in [-0.25, -0.2) is 9.37 Å². The van der Waals surface area contributed by atoms with Gasteiger partial charge in [-0.2, -0.15) is 0 Å². The van der Waals surface area contributed by atoms with E-state index in [-0.39, 0.29) is 11.5 Å². The van der Waals surface area contributed by atoms with Gasteiger partial charge in [0, 0.05) is 38.2 Å². The Labute approximate surface area is 231 Å². The molecule has 1 aromatic heterocycles. The van der Waals surface area contributed by atoms with Gasteiger partial charge in [-0.1, -0.05) is 30.3 Å². The molecule has 0 aliphatic carbocycles. The molecule has 0 saturated carbocycles. The van der Waals surface area contributed by atoms with E-state index in [0.717, 1.165) is 66.4 Å². The first kappa shape index (κ1) is 28.8. The second kappa shape index (κ2) is 14.8. The number of carbonyl (C=O) groups is 1. The van der Waals surface area contributed by atoms with E-state index in [2.05, 4.69) is 25.6 Å². The Morgan fingerprint density at radius 2 is 1.74 bits per heavy atom. The molecule has 0 fully saturated rings. The van der Waals surface area contributed by atoms with Crippen LogP contribution in [0.3, 0.4) is 0 Å². The standard InChI is InChI=1S/C31H36FN4O2P/c32-28-13-9-23(8-11-25(37)10-7-22-4-3-6-27(39)18-22)19-31(28)38-26-12-14-29-30(20-26)36-24(21-35-29)5-1-2-16-34-17-15-33/h3-4,6,9,12-14,18-21,34H,1-2,5,7-8,10-11,15-17,33,39H2. The third-order valence-corrected chi connectivity index (χ3v) is 6.84. The number of aryl methyl sites for hydroxylation is 3. The number of carbonyl (C=O) groups excluding carboxylic acids is 1. The molecule has 4 aromatic rings. The Balaban J connectivity index is 1.33.